The van der Waals surface area contributed by atoms with Gasteiger partial charge in [0, 0.05) is 24.7 Å². The van der Waals surface area contributed by atoms with E-state index < -0.39 is 0 Å². The van der Waals surface area contributed by atoms with Gasteiger partial charge < -0.3 is 10.6 Å². The van der Waals surface area contributed by atoms with Gasteiger partial charge in [-0.3, -0.25) is 4.79 Å². The van der Waals surface area contributed by atoms with Crippen molar-refractivity contribution in [2.24, 2.45) is 11.7 Å². The fourth-order valence-electron chi connectivity index (χ4n) is 2.91. The van der Waals surface area contributed by atoms with Gasteiger partial charge in [-0.15, -0.1) is 0 Å². The number of benzene rings is 1. The maximum atomic E-state index is 12.4. The van der Waals surface area contributed by atoms with Gasteiger partial charge >= 0.3 is 0 Å². The van der Waals surface area contributed by atoms with Crippen molar-refractivity contribution in [3.63, 3.8) is 0 Å². The monoisotopic (exact) mass is 274 g/mol. The van der Waals surface area contributed by atoms with Crippen LogP contribution in [-0.4, -0.2) is 19.0 Å². The highest BCUT2D eigenvalue weighted by atomic mass is 16.2. The molecule has 0 bridgehead atoms. The first-order chi connectivity index (χ1) is 9.61. The van der Waals surface area contributed by atoms with E-state index >= 15 is 0 Å². The van der Waals surface area contributed by atoms with Crippen LogP contribution < -0.4 is 10.6 Å². The van der Waals surface area contributed by atoms with E-state index in [1.807, 2.05) is 7.05 Å². The van der Waals surface area contributed by atoms with Crippen LogP contribution in [0.3, 0.4) is 0 Å². The molecule has 0 heterocycles. The SMILES string of the molecule is CCCCc1ccc(N(C)C(=O)C2CCC(N)C2)cc1. The van der Waals surface area contributed by atoms with Crippen LogP contribution in [0.4, 0.5) is 5.69 Å². The Kier molecular flexibility index (Phi) is 5.18. The van der Waals surface area contributed by atoms with Crippen LogP contribution in [0.1, 0.15) is 44.6 Å². The normalized spacial score (nSPS) is 21.9. The number of amides is 1. The summed E-state index contributed by atoms with van der Waals surface area (Å²) >= 11 is 0. The zero-order valence-electron chi connectivity index (χ0n) is 12.6. The van der Waals surface area contributed by atoms with E-state index in [0.29, 0.717) is 0 Å². The molecule has 1 aliphatic rings. The van der Waals surface area contributed by atoms with Gasteiger partial charge in [0.1, 0.15) is 0 Å². The zero-order chi connectivity index (χ0) is 14.5. The quantitative estimate of drug-likeness (QED) is 0.896. The number of anilines is 1. The molecular weight excluding hydrogens is 248 g/mol. The van der Waals surface area contributed by atoms with E-state index in [9.17, 15) is 4.79 Å². The summed E-state index contributed by atoms with van der Waals surface area (Å²) in [6.45, 7) is 2.20. The predicted octanol–water partition coefficient (Wildman–Crippen LogP) is 3.12. The second-order valence-electron chi connectivity index (χ2n) is 5.94. The van der Waals surface area contributed by atoms with E-state index in [1.165, 1.54) is 18.4 Å². The summed E-state index contributed by atoms with van der Waals surface area (Å²) in [6, 6.07) is 8.58. The molecular formula is C17H26N2O. The minimum atomic E-state index is 0.106. The van der Waals surface area contributed by atoms with Crippen molar-refractivity contribution in [1.29, 1.82) is 0 Å². The third-order valence-corrected chi connectivity index (χ3v) is 4.30. The number of nitrogens with two attached hydrogens (primary N) is 1. The molecule has 0 radical (unpaired) electrons. The van der Waals surface area contributed by atoms with Crippen LogP contribution in [0.25, 0.3) is 0 Å². The van der Waals surface area contributed by atoms with E-state index in [4.69, 9.17) is 5.73 Å². The Morgan fingerprint density at radius 2 is 2.00 bits per heavy atom. The van der Waals surface area contributed by atoms with Crippen molar-refractivity contribution in [3.8, 4) is 0 Å². The molecule has 20 heavy (non-hydrogen) atoms. The summed E-state index contributed by atoms with van der Waals surface area (Å²) in [4.78, 5) is 14.2. The van der Waals surface area contributed by atoms with Gasteiger partial charge in [0.05, 0.1) is 0 Å². The molecule has 2 atom stereocenters. The topological polar surface area (TPSA) is 46.3 Å². The maximum absolute atomic E-state index is 12.4. The van der Waals surface area contributed by atoms with Gasteiger partial charge in [-0.25, -0.2) is 0 Å². The Morgan fingerprint density at radius 1 is 1.30 bits per heavy atom. The highest BCUT2D eigenvalue weighted by molar-refractivity contribution is 5.94. The Labute approximate surface area is 122 Å². The largest absolute Gasteiger partial charge is 0.328 e. The summed E-state index contributed by atoms with van der Waals surface area (Å²) in [5, 5.41) is 0. The Hall–Kier alpha value is -1.35. The minimum absolute atomic E-state index is 0.106. The molecule has 2 N–H and O–H groups in total. The number of aryl methyl sites for hydroxylation is 1. The molecule has 1 saturated carbocycles. The Bertz CT molecular complexity index is 441. The molecule has 110 valence electrons. The molecule has 3 heteroatoms. The summed E-state index contributed by atoms with van der Waals surface area (Å²) in [7, 11) is 1.87. The predicted molar refractivity (Wildman–Crippen MR) is 83.8 cm³/mol. The number of unbranched alkanes of at least 4 members (excludes halogenated alkanes) is 1. The summed E-state index contributed by atoms with van der Waals surface area (Å²) in [6.07, 6.45) is 6.28. The van der Waals surface area contributed by atoms with Crippen LogP contribution in [0.15, 0.2) is 24.3 Å². The van der Waals surface area contributed by atoms with Crippen molar-refractivity contribution >= 4 is 11.6 Å². The molecule has 2 rings (SSSR count). The molecule has 0 spiro atoms. The van der Waals surface area contributed by atoms with E-state index in [-0.39, 0.29) is 17.9 Å². The van der Waals surface area contributed by atoms with Crippen molar-refractivity contribution < 1.29 is 4.79 Å². The number of rotatable bonds is 5. The molecule has 3 nitrogen and oxygen atoms in total. The summed E-state index contributed by atoms with van der Waals surface area (Å²) in [5.41, 5.74) is 8.23. The average Bonchev–Trinajstić information content (AvgIpc) is 2.90. The molecule has 1 amide bonds. The van der Waals surface area contributed by atoms with E-state index in [2.05, 4.69) is 31.2 Å². The van der Waals surface area contributed by atoms with Gasteiger partial charge in [0.2, 0.25) is 5.91 Å². The number of carbonyl (C=O) groups is 1. The van der Waals surface area contributed by atoms with Crippen LogP contribution in [-0.2, 0) is 11.2 Å². The van der Waals surface area contributed by atoms with E-state index in [0.717, 1.165) is 31.4 Å². The maximum Gasteiger partial charge on any atom is 0.229 e. The lowest BCUT2D eigenvalue weighted by Crippen LogP contribution is -2.32. The molecule has 1 aromatic rings. The first-order valence-corrected chi connectivity index (χ1v) is 7.74. The van der Waals surface area contributed by atoms with Crippen LogP contribution in [0, 0.1) is 5.92 Å². The molecule has 2 unspecified atom stereocenters. The van der Waals surface area contributed by atoms with Gasteiger partial charge in [0.25, 0.3) is 0 Å². The first-order valence-electron chi connectivity index (χ1n) is 7.74. The van der Waals surface area contributed by atoms with Crippen LogP contribution in [0.5, 0.6) is 0 Å². The van der Waals surface area contributed by atoms with Crippen molar-refractivity contribution in [1.82, 2.24) is 0 Å². The molecule has 0 aromatic heterocycles. The number of nitrogens with zero attached hydrogens (tertiary/aromatic N) is 1. The van der Waals surface area contributed by atoms with Crippen molar-refractivity contribution in [3.05, 3.63) is 29.8 Å². The molecule has 1 fully saturated rings. The first kappa shape index (κ1) is 15.0. The Morgan fingerprint density at radius 3 is 2.55 bits per heavy atom. The van der Waals surface area contributed by atoms with E-state index in [1.54, 1.807) is 4.90 Å². The summed E-state index contributed by atoms with van der Waals surface area (Å²) in [5.74, 6) is 0.314. The van der Waals surface area contributed by atoms with Gasteiger partial charge in [-0.2, -0.15) is 0 Å². The standard InChI is InChI=1S/C17H26N2O/c1-3-4-5-13-6-10-16(11-7-13)19(2)17(20)14-8-9-15(18)12-14/h6-7,10-11,14-15H,3-5,8-9,12,18H2,1-2H3. The minimum Gasteiger partial charge on any atom is -0.328 e. The van der Waals surface area contributed by atoms with Gasteiger partial charge in [-0.05, 0) is 49.8 Å². The van der Waals surface area contributed by atoms with Crippen molar-refractivity contribution in [2.45, 2.75) is 51.5 Å². The summed E-state index contributed by atoms with van der Waals surface area (Å²) < 4.78 is 0. The zero-order valence-corrected chi connectivity index (χ0v) is 12.6. The lowest BCUT2D eigenvalue weighted by Gasteiger charge is -2.21. The second kappa shape index (κ2) is 6.89. The molecule has 1 aromatic carbocycles. The Balaban J connectivity index is 1.97. The third kappa shape index (κ3) is 3.60. The molecule has 0 aliphatic heterocycles. The van der Waals surface area contributed by atoms with Crippen LogP contribution in [0.2, 0.25) is 0 Å². The van der Waals surface area contributed by atoms with Gasteiger partial charge in [-0.1, -0.05) is 25.5 Å². The molecule has 1 aliphatic carbocycles. The van der Waals surface area contributed by atoms with Crippen molar-refractivity contribution in [2.75, 3.05) is 11.9 Å². The number of carbonyl (C=O) groups excluding carboxylic acids is 1. The lowest BCUT2D eigenvalue weighted by molar-refractivity contribution is -0.121. The second-order valence-corrected chi connectivity index (χ2v) is 5.94. The molecule has 0 saturated heterocycles. The lowest BCUT2D eigenvalue weighted by atomic mass is 10.1. The van der Waals surface area contributed by atoms with Gasteiger partial charge in [0.15, 0.2) is 0 Å². The highest BCUT2D eigenvalue weighted by Crippen LogP contribution is 2.27. The number of hydrogen-bond acceptors (Lipinski definition) is 2. The van der Waals surface area contributed by atoms with Crippen LogP contribution >= 0.6 is 0 Å². The fourth-order valence-corrected chi connectivity index (χ4v) is 2.91. The average molecular weight is 274 g/mol. The third-order valence-electron chi connectivity index (χ3n) is 4.30. The number of hydrogen-bond donors (Lipinski definition) is 1. The smallest absolute Gasteiger partial charge is 0.229 e. The highest BCUT2D eigenvalue weighted by Gasteiger charge is 2.30. The fraction of sp³-hybridized carbons (Fsp3) is 0.588.